The minimum Gasteiger partial charge on any atom is -0.320 e. The van der Waals surface area contributed by atoms with E-state index in [0.29, 0.717) is 10.1 Å². The van der Waals surface area contributed by atoms with Crippen LogP contribution in [0.4, 0.5) is 30.2 Å². The van der Waals surface area contributed by atoms with Crippen molar-refractivity contribution in [2.45, 2.75) is 39.8 Å². The lowest BCUT2D eigenvalue weighted by Gasteiger charge is -2.34. The molecule has 0 aliphatic carbocycles. The van der Waals surface area contributed by atoms with Crippen LogP contribution in [0.5, 0.6) is 0 Å². The lowest BCUT2D eigenvalue weighted by atomic mass is 10.0. The number of nitrogens with one attached hydrogen (secondary N) is 2. The summed E-state index contributed by atoms with van der Waals surface area (Å²) in [5.41, 5.74) is 0.571. The second-order valence-electron chi connectivity index (χ2n) is 8.51. The highest BCUT2D eigenvalue weighted by molar-refractivity contribution is 6.46. The Morgan fingerprint density at radius 2 is 1.62 bits per heavy atom. The smallest absolute Gasteiger partial charge is 0.320 e. The molecule has 1 heterocycles. The quantitative estimate of drug-likeness (QED) is 0.301. The minimum atomic E-state index is -4.81. The number of rotatable bonds is 7. The monoisotopic (exact) mass is 544 g/mol. The van der Waals surface area contributed by atoms with E-state index in [0.717, 1.165) is 29.3 Å². The van der Waals surface area contributed by atoms with Crippen molar-refractivity contribution >= 4 is 40.4 Å². The summed E-state index contributed by atoms with van der Waals surface area (Å²) in [6.45, 7) is 4.85. The van der Waals surface area contributed by atoms with Gasteiger partial charge in [0.25, 0.3) is 11.8 Å². The Morgan fingerprint density at radius 3 is 2.21 bits per heavy atom. The van der Waals surface area contributed by atoms with E-state index in [2.05, 4.69) is 5.10 Å². The number of hydrogen-bond donors (Lipinski definition) is 4. The van der Waals surface area contributed by atoms with Crippen molar-refractivity contribution in [2.75, 3.05) is 15.4 Å². The molecule has 4 N–H and O–H groups in total. The molecule has 14 heteroatoms. The van der Waals surface area contributed by atoms with Gasteiger partial charge in [-0.1, -0.05) is 12.1 Å². The average molecular weight is 544 g/mol. The zero-order valence-corrected chi connectivity index (χ0v) is 20.9. The number of nitrogens with zero attached hydrogens (tertiary/aromatic N) is 4. The van der Waals surface area contributed by atoms with Gasteiger partial charge < -0.3 is 5.32 Å². The van der Waals surface area contributed by atoms with Crippen LogP contribution in [0.3, 0.4) is 0 Å². The average Bonchev–Trinajstić information content (AvgIpc) is 2.86. The first-order chi connectivity index (χ1) is 18.3. The van der Waals surface area contributed by atoms with Crippen molar-refractivity contribution in [2.24, 2.45) is 5.10 Å². The molecular formula is C25H23F3N6O5. The number of hydrazone groups is 1. The lowest BCUT2D eigenvalue weighted by Crippen LogP contribution is -2.37. The molecule has 2 aromatic carbocycles. The maximum atomic E-state index is 13.4. The highest BCUT2D eigenvalue weighted by atomic mass is 19.4. The third kappa shape index (κ3) is 6.22. The fourth-order valence-electron chi connectivity index (χ4n) is 3.68. The molecule has 0 aromatic heterocycles. The van der Waals surface area contributed by atoms with Gasteiger partial charge in [-0.3, -0.25) is 24.8 Å². The van der Waals surface area contributed by atoms with E-state index in [4.69, 9.17) is 5.26 Å². The number of fused-ring (bicyclic) bond motifs is 1. The van der Waals surface area contributed by atoms with Crippen LogP contribution in [0.2, 0.25) is 0 Å². The van der Waals surface area contributed by atoms with Gasteiger partial charge in [-0.2, -0.15) is 23.5 Å². The van der Waals surface area contributed by atoms with Gasteiger partial charge in [0, 0.05) is 0 Å². The fourth-order valence-corrected chi connectivity index (χ4v) is 3.68. The number of alkyl halides is 3. The standard InChI is InChI=1S/C25H23F3N6O5/c1-13-10-19-20(11-14(13)2)34(39)23(15(3)33(19)38)21(35)12-18(31-32-22(36)8-9-29)24(37)30-17-7-5-4-6-16(17)25(26,27)28/h4-7,10-11,38-39H,8,12H2,1-3H3,(H,30,37)(H,32,36). The van der Waals surface area contributed by atoms with E-state index in [9.17, 15) is 38.0 Å². The summed E-state index contributed by atoms with van der Waals surface area (Å²) >= 11 is 0. The molecule has 3 rings (SSSR count). The molecule has 2 aromatic rings. The van der Waals surface area contributed by atoms with Crippen LogP contribution >= 0.6 is 0 Å². The number of anilines is 3. The highest BCUT2D eigenvalue weighted by Gasteiger charge is 2.35. The van der Waals surface area contributed by atoms with Crippen molar-refractivity contribution in [3.63, 3.8) is 0 Å². The number of hydroxylamine groups is 2. The first kappa shape index (κ1) is 28.8. The third-order valence-corrected chi connectivity index (χ3v) is 5.81. The molecule has 0 saturated heterocycles. The second-order valence-corrected chi connectivity index (χ2v) is 8.51. The Labute approximate surface area is 220 Å². The highest BCUT2D eigenvalue weighted by Crippen LogP contribution is 2.40. The van der Waals surface area contributed by atoms with Crippen molar-refractivity contribution in [3.05, 3.63) is 64.5 Å². The Hall–Kier alpha value is -4.74. The van der Waals surface area contributed by atoms with Gasteiger partial charge in [0.15, 0.2) is 5.78 Å². The summed E-state index contributed by atoms with van der Waals surface area (Å²) in [6.07, 6.45) is -6.37. The Morgan fingerprint density at radius 1 is 1.03 bits per heavy atom. The number of aryl methyl sites for hydroxylation is 2. The molecule has 11 nitrogen and oxygen atoms in total. The predicted molar refractivity (Wildman–Crippen MR) is 133 cm³/mol. The largest absolute Gasteiger partial charge is 0.418 e. The van der Waals surface area contributed by atoms with Gasteiger partial charge in [-0.15, -0.1) is 0 Å². The number of carbonyl (C=O) groups is 3. The Bertz CT molecular complexity index is 1440. The zero-order chi connectivity index (χ0) is 29.1. The number of halogens is 3. The maximum Gasteiger partial charge on any atom is 0.418 e. The van der Waals surface area contributed by atoms with Crippen LogP contribution in [-0.4, -0.2) is 33.7 Å². The Kier molecular flexibility index (Phi) is 8.38. The molecule has 0 spiro atoms. The van der Waals surface area contributed by atoms with Gasteiger partial charge in [0.2, 0.25) is 0 Å². The van der Waals surface area contributed by atoms with Crippen molar-refractivity contribution in [1.82, 2.24) is 5.43 Å². The minimum absolute atomic E-state index is 0.0546. The number of nitriles is 1. The van der Waals surface area contributed by atoms with E-state index in [1.165, 1.54) is 19.1 Å². The van der Waals surface area contributed by atoms with E-state index in [1.807, 2.05) is 10.7 Å². The number of amides is 2. The second kappa shape index (κ2) is 11.3. The summed E-state index contributed by atoms with van der Waals surface area (Å²) in [6, 6.07) is 8.76. The van der Waals surface area contributed by atoms with Crippen molar-refractivity contribution < 1.29 is 38.0 Å². The summed E-state index contributed by atoms with van der Waals surface area (Å²) in [5.74, 6) is -3.17. The molecular weight excluding hydrogens is 521 g/mol. The summed E-state index contributed by atoms with van der Waals surface area (Å²) in [7, 11) is 0. The molecule has 0 saturated carbocycles. The first-order valence-corrected chi connectivity index (χ1v) is 11.3. The molecule has 0 fully saturated rings. The van der Waals surface area contributed by atoms with E-state index < -0.39 is 59.3 Å². The van der Waals surface area contributed by atoms with Crippen LogP contribution in [-0.2, 0) is 20.6 Å². The molecule has 1 aliphatic heterocycles. The van der Waals surface area contributed by atoms with Crippen LogP contribution < -0.4 is 20.9 Å². The normalized spacial score (nSPS) is 13.6. The van der Waals surface area contributed by atoms with Crippen LogP contribution in [0, 0.1) is 25.2 Å². The Balaban J connectivity index is 1.97. The SMILES string of the molecule is CC1=C(C(=O)CC(=NNC(=O)CC#N)C(=O)Nc2ccccc2C(F)(F)F)N(O)c2cc(C)c(C)cc2N1O. The number of carbonyl (C=O) groups excluding carboxylic acids is 3. The van der Waals surface area contributed by atoms with Crippen LogP contribution in [0.25, 0.3) is 0 Å². The molecule has 0 radical (unpaired) electrons. The van der Waals surface area contributed by atoms with Gasteiger partial charge in [0.1, 0.15) is 17.8 Å². The molecule has 0 bridgehead atoms. The number of allylic oxidation sites excluding steroid dienone is 2. The molecule has 0 atom stereocenters. The van der Waals surface area contributed by atoms with Gasteiger partial charge in [-0.05, 0) is 56.2 Å². The van der Waals surface area contributed by atoms with E-state index in [1.54, 1.807) is 26.0 Å². The molecule has 0 unspecified atom stereocenters. The number of para-hydroxylation sites is 1. The van der Waals surface area contributed by atoms with Crippen molar-refractivity contribution in [3.8, 4) is 6.07 Å². The van der Waals surface area contributed by atoms with Gasteiger partial charge in [-0.25, -0.2) is 15.6 Å². The topological polar surface area (TPSA) is 158 Å². The van der Waals surface area contributed by atoms with Gasteiger partial charge in [0.05, 0.1) is 40.8 Å². The number of benzene rings is 2. The summed E-state index contributed by atoms with van der Waals surface area (Å²) in [4.78, 5) is 38.0. The molecule has 204 valence electrons. The number of Topliss-reactive ketones (excluding diaryl/α,β-unsaturated/α-hetero) is 1. The van der Waals surface area contributed by atoms with Crippen molar-refractivity contribution in [1.29, 1.82) is 5.26 Å². The van der Waals surface area contributed by atoms with Crippen LogP contribution in [0.15, 0.2) is 52.9 Å². The zero-order valence-electron chi connectivity index (χ0n) is 20.9. The third-order valence-electron chi connectivity index (χ3n) is 5.81. The molecule has 39 heavy (non-hydrogen) atoms. The van der Waals surface area contributed by atoms with Gasteiger partial charge >= 0.3 is 6.18 Å². The molecule has 1 aliphatic rings. The fraction of sp³-hybridized carbons (Fsp3) is 0.240. The predicted octanol–water partition coefficient (Wildman–Crippen LogP) is 3.94. The number of ketones is 1. The summed E-state index contributed by atoms with van der Waals surface area (Å²) in [5, 5.41) is 36.9. The first-order valence-electron chi connectivity index (χ1n) is 11.3. The van der Waals surface area contributed by atoms with Crippen LogP contribution in [0.1, 0.15) is 36.5 Å². The van der Waals surface area contributed by atoms with E-state index >= 15 is 0 Å². The molecule has 2 amide bonds. The number of hydrogen-bond acceptors (Lipinski definition) is 9. The lowest BCUT2D eigenvalue weighted by molar-refractivity contribution is -0.137. The summed E-state index contributed by atoms with van der Waals surface area (Å²) < 4.78 is 40.2. The van der Waals surface area contributed by atoms with E-state index in [-0.39, 0.29) is 17.1 Å². The maximum absolute atomic E-state index is 13.4.